The smallest absolute Gasteiger partial charge is 0.326 e. The number of aromatic hydroxyl groups is 1. The number of H-pyrrole nitrogens is 1. The number of aliphatic carboxylic acids is 1. The third-order valence-electron chi connectivity index (χ3n) is 6.82. The van der Waals surface area contributed by atoms with Crippen molar-refractivity contribution in [1.29, 1.82) is 0 Å². The maximum atomic E-state index is 13.4. The number of carbonyl (C=O) groups is 5. The van der Waals surface area contributed by atoms with Crippen molar-refractivity contribution in [2.75, 3.05) is 0 Å². The van der Waals surface area contributed by atoms with Crippen molar-refractivity contribution in [2.45, 2.75) is 63.7 Å². The first-order valence-corrected chi connectivity index (χ1v) is 13.8. The highest BCUT2D eigenvalue weighted by Crippen LogP contribution is 2.19. The maximum absolute atomic E-state index is 13.4. The van der Waals surface area contributed by atoms with Crippen LogP contribution in [0.25, 0.3) is 10.9 Å². The van der Waals surface area contributed by atoms with Crippen molar-refractivity contribution >= 4 is 40.5 Å². The van der Waals surface area contributed by atoms with Gasteiger partial charge in [0.25, 0.3) is 0 Å². The summed E-state index contributed by atoms with van der Waals surface area (Å²) in [5, 5.41) is 27.5. The summed E-state index contributed by atoms with van der Waals surface area (Å²) in [4.78, 5) is 66.3. The van der Waals surface area contributed by atoms with Crippen LogP contribution in [0.4, 0.5) is 0 Å². The Balaban J connectivity index is 1.77. The number of aromatic nitrogens is 1. The number of hydrogen-bond donors (Lipinski definition) is 8. The number of rotatable bonds is 15. The monoisotopic (exact) mass is 594 g/mol. The number of carbonyl (C=O) groups excluding carboxylic acids is 4. The molecular formula is C30H38N6O7. The van der Waals surface area contributed by atoms with Crippen molar-refractivity contribution in [1.82, 2.24) is 20.9 Å². The molecule has 1 aromatic heterocycles. The van der Waals surface area contributed by atoms with Crippen molar-refractivity contribution in [3.63, 3.8) is 0 Å². The van der Waals surface area contributed by atoms with Crippen LogP contribution in [0.15, 0.2) is 54.7 Å². The van der Waals surface area contributed by atoms with Crippen LogP contribution < -0.4 is 27.4 Å². The topological polar surface area (TPSA) is 230 Å². The standard InChI is InChI=1S/C30H38N6O7/c1-16(2)11-25(30(42)43)36-28(40)23(12-17-7-9-19(37)10-8-17)35-29(41)24(14-26(32)38)34-27(39)21(31)13-18-15-33-22-6-4-3-5-20(18)22/h3-10,15-16,21,23-25,33,37H,11-14,31H2,1-2H3,(H2,32,38)(H,34,39)(H,35,41)(H,36,40)(H,42,43). The summed E-state index contributed by atoms with van der Waals surface area (Å²) in [7, 11) is 0. The Hall–Kier alpha value is -4.91. The van der Waals surface area contributed by atoms with Gasteiger partial charge < -0.3 is 42.6 Å². The number of hydrogen-bond acceptors (Lipinski definition) is 7. The molecule has 0 saturated carbocycles. The molecule has 13 nitrogen and oxygen atoms in total. The van der Waals surface area contributed by atoms with Gasteiger partial charge >= 0.3 is 5.97 Å². The molecule has 0 aliphatic heterocycles. The zero-order chi connectivity index (χ0) is 31.7. The highest BCUT2D eigenvalue weighted by Gasteiger charge is 2.31. The van der Waals surface area contributed by atoms with Crippen LogP contribution in [-0.4, -0.2) is 69.0 Å². The van der Waals surface area contributed by atoms with Gasteiger partial charge in [-0.3, -0.25) is 19.2 Å². The van der Waals surface area contributed by atoms with E-state index in [9.17, 15) is 34.2 Å². The Labute approximate surface area is 248 Å². The van der Waals surface area contributed by atoms with Crippen LogP contribution in [0.2, 0.25) is 0 Å². The molecule has 0 fully saturated rings. The number of nitrogens with two attached hydrogens (primary N) is 2. The molecule has 4 unspecified atom stereocenters. The lowest BCUT2D eigenvalue weighted by Gasteiger charge is -2.25. The van der Waals surface area contributed by atoms with Crippen LogP contribution in [0, 0.1) is 5.92 Å². The molecule has 13 heteroatoms. The molecule has 1 heterocycles. The van der Waals surface area contributed by atoms with Crippen LogP contribution in [0.5, 0.6) is 5.75 Å². The fourth-order valence-corrected chi connectivity index (χ4v) is 4.63. The van der Waals surface area contributed by atoms with Gasteiger partial charge in [0.1, 0.15) is 23.9 Å². The second kappa shape index (κ2) is 14.8. The molecule has 0 spiro atoms. The van der Waals surface area contributed by atoms with Crippen LogP contribution in [0.1, 0.15) is 37.8 Å². The average molecular weight is 595 g/mol. The number of carboxylic acid groups (broad SMARTS) is 1. The van der Waals surface area contributed by atoms with E-state index in [4.69, 9.17) is 11.5 Å². The van der Waals surface area contributed by atoms with Gasteiger partial charge in [-0.05, 0) is 48.1 Å². The normalized spacial score (nSPS) is 14.0. The van der Waals surface area contributed by atoms with Crippen molar-refractivity contribution in [3.05, 3.63) is 65.9 Å². The molecule has 0 aliphatic carbocycles. The van der Waals surface area contributed by atoms with E-state index in [1.807, 2.05) is 24.3 Å². The first kappa shape index (κ1) is 32.6. The summed E-state index contributed by atoms with van der Waals surface area (Å²) in [6, 6.07) is 8.31. The fourth-order valence-electron chi connectivity index (χ4n) is 4.63. The van der Waals surface area contributed by atoms with Crippen molar-refractivity contribution < 1.29 is 34.2 Å². The number of primary amides is 1. The van der Waals surface area contributed by atoms with Crippen LogP contribution in [-0.2, 0) is 36.8 Å². The first-order valence-electron chi connectivity index (χ1n) is 13.8. The predicted molar refractivity (Wildman–Crippen MR) is 158 cm³/mol. The largest absolute Gasteiger partial charge is 0.508 e. The molecule has 0 radical (unpaired) electrons. The lowest BCUT2D eigenvalue weighted by Crippen LogP contribution is -2.58. The summed E-state index contributed by atoms with van der Waals surface area (Å²) in [6.07, 6.45) is 1.37. The minimum atomic E-state index is -1.46. The minimum absolute atomic E-state index is 0.00938. The van der Waals surface area contributed by atoms with Gasteiger partial charge in [0, 0.05) is 23.5 Å². The zero-order valence-corrected chi connectivity index (χ0v) is 24.0. The molecule has 43 heavy (non-hydrogen) atoms. The van der Waals surface area contributed by atoms with E-state index in [-0.39, 0.29) is 30.9 Å². The van der Waals surface area contributed by atoms with E-state index in [1.165, 1.54) is 24.3 Å². The number of aromatic amines is 1. The molecule has 4 atom stereocenters. The second-order valence-corrected chi connectivity index (χ2v) is 10.9. The van der Waals surface area contributed by atoms with Gasteiger partial charge in [-0.1, -0.05) is 44.2 Å². The van der Waals surface area contributed by atoms with Gasteiger partial charge in [-0.2, -0.15) is 0 Å². The SMILES string of the molecule is CC(C)CC(NC(=O)C(Cc1ccc(O)cc1)NC(=O)C(CC(N)=O)NC(=O)C(N)Cc1c[nH]c2ccccc12)C(=O)O. The average Bonchev–Trinajstić information content (AvgIpc) is 3.35. The predicted octanol–water partition coefficient (Wildman–Crippen LogP) is 0.447. The van der Waals surface area contributed by atoms with E-state index < -0.39 is 60.2 Å². The van der Waals surface area contributed by atoms with Crippen molar-refractivity contribution in [2.24, 2.45) is 17.4 Å². The zero-order valence-electron chi connectivity index (χ0n) is 24.0. The number of benzene rings is 2. The minimum Gasteiger partial charge on any atom is -0.508 e. The molecule has 230 valence electrons. The van der Waals surface area contributed by atoms with Gasteiger partial charge in [0.05, 0.1) is 12.5 Å². The number of carboxylic acids is 1. The Morgan fingerprint density at radius 3 is 2.07 bits per heavy atom. The van der Waals surface area contributed by atoms with Crippen LogP contribution >= 0.6 is 0 Å². The van der Waals surface area contributed by atoms with Gasteiger partial charge in [0.2, 0.25) is 23.6 Å². The van der Waals surface area contributed by atoms with Gasteiger partial charge in [0.15, 0.2) is 0 Å². The third-order valence-corrected chi connectivity index (χ3v) is 6.82. The number of phenolic OH excluding ortho intramolecular Hbond substituents is 1. The van der Waals surface area contributed by atoms with E-state index in [2.05, 4.69) is 20.9 Å². The Kier molecular flexibility index (Phi) is 11.2. The van der Waals surface area contributed by atoms with E-state index in [0.29, 0.717) is 5.56 Å². The molecule has 10 N–H and O–H groups in total. The Morgan fingerprint density at radius 1 is 0.837 bits per heavy atom. The lowest BCUT2D eigenvalue weighted by atomic mass is 10.0. The first-order chi connectivity index (χ1) is 20.3. The lowest BCUT2D eigenvalue weighted by molar-refractivity contribution is -0.143. The third kappa shape index (κ3) is 9.57. The maximum Gasteiger partial charge on any atom is 0.326 e. The molecule has 0 saturated heterocycles. The summed E-state index contributed by atoms with van der Waals surface area (Å²) in [5.41, 5.74) is 13.7. The summed E-state index contributed by atoms with van der Waals surface area (Å²) < 4.78 is 0. The summed E-state index contributed by atoms with van der Waals surface area (Å²) in [6.45, 7) is 3.61. The molecule has 2 aromatic carbocycles. The van der Waals surface area contributed by atoms with Crippen molar-refractivity contribution in [3.8, 4) is 5.75 Å². The highest BCUT2D eigenvalue weighted by molar-refractivity contribution is 5.96. The molecule has 0 bridgehead atoms. The van der Waals surface area contributed by atoms with Gasteiger partial charge in [-0.15, -0.1) is 0 Å². The van der Waals surface area contributed by atoms with E-state index >= 15 is 0 Å². The Bertz CT molecular complexity index is 1450. The Morgan fingerprint density at radius 2 is 1.44 bits per heavy atom. The molecular weight excluding hydrogens is 556 g/mol. The molecule has 4 amide bonds. The van der Waals surface area contributed by atoms with E-state index in [1.54, 1.807) is 20.0 Å². The summed E-state index contributed by atoms with van der Waals surface area (Å²) in [5.74, 6) is -4.56. The second-order valence-electron chi connectivity index (χ2n) is 10.9. The molecule has 0 aliphatic rings. The van der Waals surface area contributed by atoms with Gasteiger partial charge in [-0.25, -0.2) is 4.79 Å². The fraction of sp³-hybridized carbons (Fsp3) is 0.367. The van der Waals surface area contributed by atoms with E-state index in [0.717, 1.165) is 16.5 Å². The summed E-state index contributed by atoms with van der Waals surface area (Å²) >= 11 is 0. The molecule has 3 rings (SSSR count). The number of nitrogens with one attached hydrogen (secondary N) is 4. The van der Waals surface area contributed by atoms with Crippen LogP contribution in [0.3, 0.4) is 0 Å². The number of para-hydroxylation sites is 1. The number of fused-ring (bicyclic) bond motifs is 1. The molecule has 3 aromatic rings. The number of phenols is 1. The number of amides is 4. The highest BCUT2D eigenvalue weighted by atomic mass is 16.4. The quantitative estimate of drug-likeness (QED) is 0.123.